The maximum atomic E-state index is 12.7. The molecule has 2 amide bonds. The number of non-ortho nitro benzene ring substituents is 1. The molecule has 0 aliphatic carbocycles. The van der Waals surface area contributed by atoms with Crippen LogP contribution < -0.4 is 5.32 Å². The topological polar surface area (TPSA) is 153 Å². The largest absolute Gasteiger partial charge is 0.454 e. The molecular formula is C20H27N3O8S. The van der Waals surface area contributed by atoms with Crippen molar-refractivity contribution in [3.05, 3.63) is 39.9 Å². The second-order valence-electron chi connectivity index (χ2n) is 8.11. The zero-order chi connectivity index (χ0) is 24.1. The van der Waals surface area contributed by atoms with Crippen LogP contribution in [0.25, 0.3) is 0 Å². The lowest BCUT2D eigenvalue weighted by Gasteiger charge is -2.30. The number of nitrogens with one attached hydrogen (secondary N) is 1. The van der Waals surface area contributed by atoms with Gasteiger partial charge < -0.3 is 15.0 Å². The van der Waals surface area contributed by atoms with Crippen molar-refractivity contribution in [3.8, 4) is 0 Å². The van der Waals surface area contributed by atoms with Crippen molar-refractivity contribution in [1.29, 1.82) is 0 Å². The average Bonchev–Trinajstić information content (AvgIpc) is 3.09. The Bertz CT molecular complexity index is 992. The van der Waals surface area contributed by atoms with Crippen LogP contribution in [0.15, 0.2) is 24.3 Å². The molecule has 0 radical (unpaired) electrons. The van der Waals surface area contributed by atoms with Gasteiger partial charge in [-0.1, -0.05) is 19.9 Å². The lowest BCUT2D eigenvalue weighted by molar-refractivity contribution is -0.384. The molecule has 0 aromatic heterocycles. The first-order valence-electron chi connectivity index (χ1n) is 10.1. The monoisotopic (exact) mass is 469 g/mol. The number of sulfone groups is 1. The molecule has 2 atom stereocenters. The molecule has 1 aliphatic rings. The summed E-state index contributed by atoms with van der Waals surface area (Å²) in [7, 11) is -3.19. The van der Waals surface area contributed by atoms with Crippen molar-refractivity contribution in [3.63, 3.8) is 0 Å². The summed E-state index contributed by atoms with van der Waals surface area (Å²) in [4.78, 5) is 48.8. The van der Waals surface area contributed by atoms with Crippen LogP contribution in [0.5, 0.6) is 0 Å². The van der Waals surface area contributed by atoms with Crippen molar-refractivity contribution >= 4 is 33.3 Å². The van der Waals surface area contributed by atoms with Gasteiger partial charge in [0, 0.05) is 30.3 Å². The van der Waals surface area contributed by atoms with Gasteiger partial charge in [-0.15, -0.1) is 0 Å². The SMILES string of the molecule is CC(C)CN(C(=O)COC(=O)[C@H](C)NC(=O)c1cccc([N+](=O)[O-])c1)C1CCS(=O)(=O)C1. The molecule has 1 saturated heterocycles. The molecule has 176 valence electrons. The molecule has 1 N–H and O–H groups in total. The molecule has 2 rings (SSSR count). The van der Waals surface area contributed by atoms with Crippen molar-refractivity contribution in [2.45, 2.75) is 39.3 Å². The second kappa shape index (κ2) is 10.5. The summed E-state index contributed by atoms with van der Waals surface area (Å²) >= 11 is 0. The quantitative estimate of drug-likeness (QED) is 0.318. The zero-order valence-corrected chi connectivity index (χ0v) is 19.0. The van der Waals surface area contributed by atoms with E-state index in [0.717, 1.165) is 6.07 Å². The van der Waals surface area contributed by atoms with E-state index in [-0.39, 0.29) is 28.7 Å². The first-order valence-corrected chi connectivity index (χ1v) is 11.9. The third-order valence-electron chi connectivity index (χ3n) is 4.89. The third kappa shape index (κ3) is 7.01. The second-order valence-corrected chi connectivity index (χ2v) is 10.3. The summed E-state index contributed by atoms with van der Waals surface area (Å²) < 4.78 is 28.6. The Morgan fingerprint density at radius 1 is 1.28 bits per heavy atom. The van der Waals surface area contributed by atoms with E-state index in [1.807, 2.05) is 13.8 Å². The summed E-state index contributed by atoms with van der Waals surface area (Å²) in [5.74, 6) is -2.09. The highest BCUT2D eigenvalue weighted by atomic mass is 32.2. The van der Waals surface area contributed by atoms with E-state index in [1.54, 1.807) is 0 Å². The van der Waals surface area contributed by atoms with E-state index in [1.165, 1.54) is 30.0 Å². The van der Waals surface area contributed by atoms with E-state index in [2.05, 4.69) is 5.32 Å². The molecule has 0 spiro atoms. The van der Waals surface area contributed by atoms with Gasteiger partial charge in [0.1, 0.15) is 6.04 Å². The number of amides is 2. The Balaban J connectivity index is 1.94. The van der Waals surface area contributed by atoms with Gasteiger partial charge in [0.05, 0.1) is 16.4 Å². The fraction of sp³-hybridized carbons (Fsp3) is 0.550. The first kappa shape index (κ1) is 25.2. The molecule has 1 aromatic carbocycles. The molecule has 12 heteroatoms. The molecule has 1 aliphatic heterocycles. The van der Waals surface area contributed by atoms with E-state index < -0.39 is 51.2 Å². The molecule has 1 unspecified atom stereocenters. The summed E-state index contributed by atoms with van der Waals surface area (Å²) in [5, 5.41) is 13.2. The van der Waals surface area contributed by atoms with Crippen LogP contribution >= 0.6 is 0 Å². The van der Waals surface area contributed by atoms with Crippen molar-refractivity contribution in [1.82, 2.24) is 10.2 Å². The van der Waals surface area contributed by atoms with Crippen molar-refractivity contribution < 1.29 is 32.5 Å². The Hall–Kier alpha value is -3.02. The summed E-state index contributed by atoms with van der Waals surface area (Å²) in [6.45, 7) is 4.88. The minimum atomic E-state index is -3.19. The lowest BCUT2D eigenvalue weighted by Crippen LogP contribution is -2.46. The number of hydrogen-bond donors (Lipinski definition) is 1. The van der Waals surface area contributed by atoms with Gasteiger partial charge in [0.25, 0.3) is 17.5 Å². The summed E-state index contributed by atoms with van der Waals surface area (Å²) in [6, 6.07) is 3.46. The normalized spacial score (nSPS) is 18.1. The van der Waals surface area contributed by atoms with E-state index in [9.17, 15) is 32.9 Å². The van der Waals surface area contributed by atoms with Gasteiger partial charge in [-0.25, -0.2) is 13.2 Å². The number of carbonyl (C=O) groups is 3. The molecule has 11 nitrogen and oxygen atoms in total. The van der Waals surface area contributed by atoms with E-state index in [0.29, 0.717) is 13.0 Å². The highest BCUT2D eigenvalue weighted by molar-refractivity contribution is 7.91. The van der Waals surface area contributed by atoms with Crippen LogP contribution in [-0.4, -0.2) is 72.8 Å². The average molecular weight is 470 g/mol. The number of nitro benzene ring substituents is 1. The van der Waals surface area contributed by atoms with E-state index in [4.69, 9.17) is 4.74 Å². The molecule has 1 aromatic rings. The number of carbonyl (C=O) groups excluding carboxylic acids is 3. The maximum Gasteiger partial charge on any atom is 0.328 e. The van der Waals surface area contributed by atoms with Gasteiger partial charge in [-0.2, -0.15) is 0 Å². The Labute approximate surface area is 186 Å². The Morgan fingerprint density at radius 3 is 2.53 bits per heavy atom. The van der Waals surface area contributed by atoms with Gasteiger partial charge in [0.15, 0.2) is 16.4 Å². The molecule has 0 saturated carbocycles. The molecule has 1 heterocycles. The smallest absolute Gasteiger partial charge is 0.328 e. The maximum absolute atomic E-state index is 12.7. The Kier molecular flexibility index (Phi) is 8.31. The van der Waals surface area contributed by atoms with Crippen LogP contribution in [0, 0.1) is 16.0 Å². The number of nitrogens with zero attached hydrogens (tertiary/aromatic N) is 2. The third-order valence-corrected chi connectivity index (χ3v) is 6.64. The fourth-order valence-corrected chi connectivity index (χ4v) is 5.04. The number of esters is 1. The molecule has 0 bridgehead atoms. The number of nitro groups is 1. The fourth-order valence-electron chi connectivity index (χ4n) is 3.31. The van der Waals surface area contributed by atoms with Crippen molar-refractivity contribution in [2.24, 2.45) is 5.92 Å². The molecule has 32 heavy (non-hydrogen) atoms. The predicted molar refractivity (Wildman–Crippen MR) is 115 cm³/mol. The van der Waals surface area contributed by atoms with Crippen molar-refractivity contribution in [2.75, 3.05) is 24.7 Å². The minimum absolute atomic E-state index is 0.000442. The molecular weight excluding hydrogens is 442 g/mol. The number of benzene rings is 1. The van der Waals surface area contributed by atoms with Crippen LogP contribution in [0.1, 0.15) is 37.6 Å². The minimum Gasteiger partial charge on any atom is -0.454 e. The van der Waals surface area contributed by atoms with Crippen LogP contribution in [0.4, 0.5) is 5.69 Å². The summed E-state index contributed by atoms with van der Waals surface area (Å²) in [5.41, 5.74) is -0.266. The van der Waals surface area contributed by atoms with Crippen LogP contribution in [0.3, 0.4) is 0 Å². The van der Waals surface area contributed by atoms with Crippen LogP contribution in [0.2, 0.25) is 0 Å². The number of ether oxygens (including phenoxy) is 1. The molecule has 1 fully saturated rings. The number of rotatable bonds is 9. The predicted octanol–water partition coefficient (Wildman–Crippen LogP) is 0.928. The van der Waals surface area contributed by atoms with E-state index >= 15 is 0 Å². The Morgan fingerprint density at radius 2 is 1.97 bits per heavy atom. The summed E-state index contributed by atoms with van der Waals surface area (Å²) in [6.07, 6.45) is 0.338. The standard InChI is InChI=1S/C20H27N3O8S/c1-13(2)10-22(17-7-8-32(29,30)12-17)18(24)11-31-20(26)14(3)21-19(25)15-5-4-6-16(9-15)23(27)28/h4-6,9,13-14,17H,7-8,10-12H2,1-3H3,(H,21,25)/t14-,17?/m0/s1. The van der Waals surface area contributed by atoms with Gasteiger partial charge in [-0.05, 0) is 25.3 Å². The van der Waals surface area contributed by atoms with Crippen LogP contribution in [-0.2, 0) is 24.2 Å². The first-order chi connectivity index (χ1) is 14.9. The zero-order valence-electron chi connectivity index (χ0n) is 18.1. The van der Waals surface area contributed by atoms with Gasteiger partial charge in [-0.3, -0.25) is 19.7 Å². The highest BCUT2D eigenvalue weighted by Gasteiger charge is 2.35. The highest BCUT2D eigenvalue weighted by Crippen LogP contribution is 2.19. The van der Waals surface area contributed by atoms with Gasteiger partial charge in [0.2, 0.25) is 0 Å². The van der Waals surface area contributed by atoms with Gasteiger partial charge >= 0.3 is 5.97 Å². The number of hydrogen-bond acceptors (Lipinski definition) is 8. The lowest BCUT2D eigenvalue weighted by atomic mass is 10.1.